The van der Waals surface area contributed by atoms with E-state index in [2.05, 4.69) is 28.7 Å². The number of carbonyl (C=O) groups is 1. The summed E-state index contributed by atoms with van der Waals surface area (Å²) in [6.45, 7) is 8.23. The largest absolute Gasteiger partial charge is 0.461 e. The molecule has 7 heteroatoms. The van der Waals surface area contributed by atoms with Gasteiger partial charge in [-0.3, -0.25) is 0 Å². The molecule has 0 aliphatic rings. The van der Waals surface area contributed by atoms with E-state index in [-0.39, 0.29) is 11.3 Å². The smallest absolute Gasteiger partial charge is 0.348 e. The molecule has 0 saturated heterocycles. The van der Waals surface area contributed by atoms with Crippen LogP contribution in [0.2, 0.25) is 5.28 Å². The van der Waals surface area contributed by atoms with Gasteiger partial charge in [-0.25, -0.2) is 9.78 Å². The van der Waals surface area contributed by atoms with Crippen LogP contribution in [0.3, 0.4) is 0 Å². The molecule has 0 amide bonds. The van der Waals surface area contributed by atoms with Crippen LogP contribution in [0.15, 0.2) is 30.3 Å². The number of anilines is 1. The zero-order valence-electron chi connectivity index (χ0n) is 17.1. The Morgan fingerprint density at radius 3 is 2.66 bits per heavy atom. The Labute approximate surface area is 180 Å². The second-order valence-corrected chi connectivity index (χ2v) is 8.19. The predicted molar refractivity (Wildman–Crippen MR) is 120 cm³/mol. The van der Waals surface area contributed by atoms with Crippen molar-refractivity contribution in [3.63, 3.8) is 0 Å². The fourth-order valence-corrected chi connectivity index (χ4v) is 4.53. The average Bonchev–Trinajstić information content (AvgIpc) is 3.05. The van der Waals surface area contributed by atoms with Crippen LogP contribution in [0.1, 0.15) is 47.5 Å². The van der Waals surface area contributed by atoms with Gasteiger partial charge < -0.3 is 9.64 Å². The van der Waals surface area contributed by atoms with Crippen molar-refractivity contribution >= 4 is 44.9 Å². The SMILES string of the molecule is CCCCN(CC)c1nc(Cl)nc2sc(C(=O)OCCc3ccccc3)c(C)c12. The number of aryl methyl sites for hydroxylation is 1. The maximum absolute atomic E-state index is 12.7. The summed E-state index contributed by atoms with van der Waals surface area (Å²) in [4.78, 5) is 25.1. The zero-order valence-corrected chi connectivity index (χ0v) is 18.6. The van der Waals surface area contributed by atoms with Crippen molar-refractivity contribution in [2.24, 2.45) is 0 Å². The highest BCUT2D eigenvalue weighted by Gasteiger charge is 2.23. The standard InChI is InChI=1S/C22H26ClN3O2S/c1-4-6-13-26(5-2)19-17-15(3)18(29-20(17)25-22(23)24-19)21(27)28-14-12-16-10-8-7-9-11-16/h7-11H,4-6,12-14H2,1-3H3. The molecule has 0 aliphatic carbocycles. The summed E-state index contributed by atoms with van der Waals surface area (Å²) in [6.07, 6.45) is 2.85. The molecule has 154 valence electrons. The molecule has 0 N–H and O–H groups in total. The molecule has 29 heavy (non-hydrogen) atoms. The van der Waals surface area contributed by atoms with Crippen LogP contribution in [0.5, 0.6) is 0 Å². The molecule has 0 saturated carbocycles. The van der Waals surface area contributed by atoms with Crippen molar-refractivity contribution in [3.8, 4) is 0 Å². The number of thiophene rings is 1. The minimum atomic E-state index is -0.319. The van der Waals surface area contributed by atoms with Crippen LogP contribution >= 0.6 is 22.9 Å². The third-order valence-electron chi connectivity index (χ3n) is 4.86. The Hall–Kier alpha value is -2.18. The first-order chi connectivity index (χ1) is 14.0. The molecule has 0 aliphatic heterocycles. The number of halogens is 1. The van der Waals surface area contributed by atoms with Gasteiger partial charge in [0.05, 0.1) is 12.0 Å². The summed E-state index contributed by atoms with van der Waals surface area (Å²) in [5, 5.41) is 1.10. The molecule has 5 nitrogen and oxygen atoms in total. The van der Waals surface area contributed by atoms with E-state index in [9.17, 15) is 4.79 Å². The fraction of sp³-hybridized carbons (Fsp3) is 0.409. The first kappa shape index (κ1) is 21.5. The van der Waals surface area contributed by atoms with Crippen molar-refractivity contribution in [2.75, 3.05) is 24.6 Å². The second-order valence-electron chi connectivity index (χ2n) is 6.86. The van der Waals surface area contributed by atoms with Gasteiger partial charge in [0.2, 0.25) is 5.28 Å². The van der Waals surface area contributed by atoms with Crippen LogP contribution in [-0.2, 0) is 11.2 Å². The van der Waals surface area contributed by atoms with E-state index < -0.39 is 0 Å². The van der Waals surface area contributed by atoms with E-state index in [4.69, 9.17) is 16.3 Å². The Kier molecular flexibility index (Phi) is 7.45. The minimum Gasteiger partial charge on any atom is -0.461 e. The zero-order chi connectivity index (χ0) is 20.8. The lowest BCUT2D eigenvalue weighted by Crippen LogP contribution is -2.25. The first-order valence-corrected chi connectivity index (χ1v) is 11.2. The Morgan fingerprint density at radius 1 is 1.21 bits per heavy atom. The Bertz CT molecular complexity index is 975. The van der Waals surface area contributed by atoms with Gasteiger partial charge in [-0.15, -0.1) is 11.3 Å². The molecule has 1 aromatic carbocycles. The van der Waals surface area contributed by atoms with Gasteiger partial charge in [0.25, 0.3) is 0 Å². The molecule has 0 atom stereocenters. The van der Waals surface area contributed by atoms with Gasteiger partial charge in [0.1, 0.15) is 15.5 Å². The van der Waals surface area contributed by atoms with Crippen LogP contribution in [0, 0.1) is 6.92 Å². The number of hydrogen-bond donors (Lipinski definition) is 0. The molecule has 0 radical (unpaired) electrons. The number of rotatable bonds is 9. The Balaban J connectivity index is 1.84. The van der Waals surface area contributed by atoms with E-state index >= 15 is 0 Å². The van der Waals surface area contributed by atoms with Crippen molar-refractivity contribution in [2.45, 2.75) is 40.0 Å². The van der Waals surface area contributed by atoms with Crippen LogP contribution in [0.25, 0.3) is 10.2 Å². The molecule has 0 spiro atoms. The normalized spacial score (nSPS) is 11.0. The highest BCUT2D eigenvalue weighted by molar-refractivity contribution is 7.20. The molecule has 3 aromatic rings. The molecular weight excluding hydrogens is 406 g/mol. The quantitative estimate of drug-likeness (QED) is 0.322. The first-order valence-electron chi connectivity index (χ1n) is 9.97. The maximum atomic E-state index is 12.7. The number of esters is 1. The molecule has 0 fully saturated rings. The number of fused-ring (bicyclic) bond motifs is 1. The highest BCUT2D eigenvalue weighted by Crippen LogP contribution is 2.36. The lowest BCUT2D eigenvalue weighted by atomic mass is 10.1. The summed E-state index contributed by atoms with van der Waals surface area (Å²) in [7, 11) is 0. The number of carbonyl (C=O) groups excluding carboxylic acids is 1. The van der Waals surface area contributed by atoms with Gasteiger partial charge >= 0.3 is 5.97 Å². The number of nitrogens with zero attached hydrogens (tertiary/aromatic N) is 3. The molecule has 2 heterocycles. The monoisotopic (exact) mass is 431 g/mol. The van der Waals surface area contributed by atoms with E-state index in [0.29, 0.717) is 17.9 Å². The number of ether oxygens (including phenoxy) is 1. The highest BCUT2D eigenvalue weighted by atomic mass is 35.5. The average molecular weight is 432 g/mol. The lowest BCUT2D eigenvalue weighted by Gasteiger charge is -2.22. The van der Waals surface area contributed by atoms with E-state index in [0.717, 1.165) is 53.1 Å². The molecular formula is C22H26ClN3O2S. The van der Waals surface area contributed by atoms with Gasteiger partial charge in [-0.05, 0) is 43.0 Å². The van der Waals surface area contributed by atoms with Crippen molar-refractivity contribution in [3.05, 3.63) is 51.6 Å². The van der Waals surface area contributed by atoms with E-state index in [1.54, 1.807) is 0 Å². The minimum absolute atomic E-state index is 0.202. The number of benzene rings is 1. The summed E-state index contributed by atoms with van der Waals surface area (Å²) in [6, 6.07) is 9.99. The van der Waals surface area contributed by atoms with E-state index in [1.165, 1.54) is 11.3 Å². The van der Waals surface area contributed by atoms with Gasteiger partial charge in [-0.1, -0.05) is 43.7 Å². The maximum Gasteiger partial charge on any atom is 0.348 e. The summed E-state index contributed by atoms with van der Waals surface area (Å²) < 4.78 is 5.54. The predicted octanol–water partition coefficient (Wildman–Crippen LogP) is 5.68. The summed E-state index contributed by atoms with van der Waals surface area (Å²) in [5.74, 6) is 0.480. The third-order valence-corrected chi connectivity index (χ3v) is 6.19. The van der Waals surface area contributed by atoms with Gasteiger partial charge in [-0.2, -0.15) is 4.98 Å². The molecule has 2 aromatic heterocycles. The number of unbranched alkanes of at least 4 members (excludes halogenated alkanes) is 1. The summed E-state index contributed by atoms with van der Waals surface area (Å²) >= 11 is 7.51. The number of aromatic nitrogens is 2. The fourth-order valence-electron chi connectivity index (χ4n) is 3.25. The lowest BCUT2D eigenvalue weighted by molar-refractivity contribution is 0.0514. The van der Waals surface area contributed by atoms with Crippen LogP contribution in [0.4, 0.5) is 5.82 Å². The third kappa shape index (κ3) is 5.06. The topological polar surface area (TPSA) is 55.3 Å². The number of hydrogen-bond acceptors (Lipinski definition) is 6. The van der Waals surface area contributed by atoms with Crippen LogP contribution < -0.4 is 4.90 Å². The van der Waals surface area contributed by atoms with Gasteiger partial charge in [0.15, 0.2) is 0 Å². The van der Waals surface area contributed by atoms with Gasteiger partial charge in [0, 0.05) is 19.5 Å². The van der Waals surface area contributed by atoms with Crippen molar-refractivity contribution < 1.29 is 9.53 Å². The Morgan fingerprint density at radius 2 is 1.97 bits per heavy atom. The summed E-state index contributed by atoms with van der Waals surface area (Å²) in [5.41, 5.74) is 2.00. The van der Waals surface area contributed by atoms with Crippen molar-refractivity contribution in [1.29, 1.82) is 0 Å². The molecule has 0 bridgehead atoms. The van der Waals surface area contributed by atoms with E-state index in [1.807, 2.05) is 37.3 Å². The second kappa shape index (κ2) is 10.0. The molecule has 0 unspecified atom stereocenters. The molecule has 3 rings (SSSR count). The van der Waals surface area contributed by atoms with Crippen LogP contribution in [-0.4, -0.2) is 35.6 Å². The van der Waals surface area contributed by atoms with Crippen molar-refractivity contribution in [1.82, 2.24) is 9.97 Å².